The number of aromatic nitrogens is 1. The molecule has 0 atom stereocenters. The lowest BCUT2D eigenvalue weighted by Gasteiger charge is -2.40. The van der Waals surface area contributed by atoms with Crippen molar-refractivity contribution in [3.05, 3.63) is 24.0 Å². The van der Waals surface area contributed by atoms with E-state index < -0.39 is 11.9 Å². The first-order chi connectivity index (χ1) is 9.40. The molecule has 1 saturated heterocycles. The van der Waals surface area contributed by atoms with Gasteiger partial charge in [0.1, 0.15) is 5.69 Å². The molecule has 1 aliphatic rings. The Hall–Kier alpha value is -1.79. The van der Waals surface area contributed by atoms with Gasteiger partial charge < -0.3 is 9.64 Å². The van der Waals surface area contributed by atoms with Crippen LogP contribution in [0.15, 0.2) is 18.3 Å². The Kier molecular flexibility index (Phi) is 4.15. The van der Waals surface area contributed by atoms with Gasteiger partial charge in [-0.25, -0.2) is 0 Å². The molecular weight excluding hydrogens is 273 g/mol. The number of alkyl halides is 3. The van der Waals surface area contributed by atoms with Crippen LogP contribution in [0.5, 0.6) is 0 Å². The number of hydrogen-bond donors (Lipinski definition) is 0. The van der Waals surface area contributed by atoms with E-state index in [4.69, 9.17) is 4.74 Å². The van der Waals surface area contributed by atoms with Gasteiger partial charge >= 0.3 is 12.1 Å². The van der Waals surface area contributed by atoms with Crippen LogP contribution in [0.3, 0.4) is 0 Å². The van der Waals surface area contributed by atoms with Crippen molar-refractivity contribution in [2.75, 3.05) is 24.6 Å². The molecule has 0 bridgehead atoms. The van der Waals surface area contributed by atoms with Crippen molar-refractivity contribution in [1.29, 1.82) is 0 Å². The lowest BCUT2D eigenvalue weighted by atomic mass is 9.95. The normalized spacial score (nSPS) is 15.9. The van der Waals surface area contributed by atoms with Gasteiger partial charge in [0.2, 0.25) is 0 Å². The molecule has 110 valence electrons. The maximum atomic E-state index is 12.5. The van der Waals surface area contributed by atoms with Crippen LogP contribution in [0.1, 0.15) is 19.0 Å². The van der Waals surface area contributed by atoms with E-state index in [1.54, 1.807) is 11.8 Å². The fraction of sp³-hybridized carbons (Fsp3) is 0.538. The minimum absolute atomic E-state index is 0.136. The number of rotatable bonds is 4. The Balaban J connectivity index is 1.91. The third-order valence-electron chi connectivity index (χ3n) is 3.12. The molecule has 0 aromatic carbocycles. The van der Waals surface area contributed by atoms with E-state index >= 15 is 0 Å². The molecule has 0 amide bonds. The fourth-order valence-electron chi connectivity index (χ4n) is 2.14. The van der Waals surface area contributed by atoms with E-state index in [-0.39, 0.29) is 11.9 Å². The van der Waals surface area contributed by atoms with Gasteiger partial charge in [0.25, 0.3) is 0 Å². The lowest BCUT2D eigenvalue weighted by Crippen LogP contribution is -2.47. The van der Waals surface area contributed by atoms with Crippen LogP contribution in [0, 0.1) is 5.92 Å². The van der Waals surface area contributed by atoms with Crippen molar-refractivity contribution in [2.24, 2.45) is 5.92 Å². The monoisotopic (exact) mass is 288 g/mol. The van der Waals surface area contributed by atoms with Gasteiger partial charge in [-0.2, -0.15) is 13.2 Å². The Labute approximate surface area is 114 Å². The van der Waals surface area contributed by atoms with E-state index in [9.17, 15) is 18.0 Å². The average molecular weight is 288 g/mol. The SMILES string of the molecule is CCOC(=O)CC1CN(c2ccnc(C(F)(F)F)c2)C1. The quantitative estimate of drug-likeness (QED) is 0.798. The minimum Gasteiger partial charge on any atom is -0.466 e. The molecule has 0 spiro atoms. The van der Waals surface area contributed by atoms with Crippen molar-refractivity contribution in [3.63, 3.8) is 0 Å². The molecule has 0 unspecified atom stereocenters. The third-order valence-corrected chi connectivity index (χ3v) is 3.12. The van der Waals surface area contributed by atoms with E-state index in [0.717, 1.165) is 12.3 Å². The Morgan fingerprint density at radius 3 is 2.80 bits per heavy atom. The Morgan fingerprint density at radius 1 is 1.50 bits per heavy atom. The second-order valence-electron chi connectivity index (χ2n) is 4.68. The third kappa shape index (κ3) is 3.40. The van der Waals surface area contributed by atoms with Crippen LogP contribution < -0.4 is 4.90 Å². The minimum atomic E-state index is -4.44. The van der Waals surface area contributed by atoms with E-state index in [2.05, 4.69) is 4.98 Å². The van der Waals surface area contributed by atoms with Gasteiger partial charge in [-0.3, -0.25) is 9.78 Å². The first kappa shape index (κ1) is 14.6. The van der Waals surface area contributed by atoms with Crippen molar-refractivity contribution >= 4 is 11.7 Å². The highest BCUT2D eigenvalue weighted by molar-refractivity contribution is 5.70. The van der Waals surface area contributed by atoms with Crippen LogP contribution in [0.2, 0.25) is 0 Å². The molecule has 1 aromatic rings. The smallest absolute Gasteiger partial charge is 0.433 e. The fourth-order valence-corrected chi connectivity index (χ4v) is 2.14. The maximum absolute atomic E-state index is 12.5. The second kappa shape index (κ2) is 5.68. The molecule has 7 heteroatoms. The van der Waals surface area contributed by atoms with Gasteiger partial charge in [-0.1, -0.05) is 0 Å². The van der Waals surface area contributed by atoms with E-state index in [1.807, 2.05) is 0 Å². The summed E-state index contributed by atoms with van der Waals surface area (Å²) in [5.74, 6) is -0.126. The van der Waals surface area contributed by atoms with Crippen molar-refractivity contribution in [3.8, 4) is 0 Å². The summed E-state index contributed by atoms with van der Waals surface area (Å²) in [6.07, 6.45) is -2.98. The molecule has 0 radical (unpaired) electrons. The molecule has 1 aliphatic heterocycles. The Morgan fingerprint density at radius 2 is 2.20 bits per heavy atom. The molecule has 20 heavy (non-hydrogen) atoms. The first-order valence-corrected chi connectivity index (χ1v) is 6.34. The number of halogens is 3. The second-order valence-corrected chi connectivity index (χ2v) is 4.68. The standard InChI is InChI=1S/C13H15F3N2O2/c1-2-20-12(19)5-9-7-18(8-9)10-3-4-17-11(6-10)13(14,15)16/h3-4,6,9H,2,5,7-8H2,1H3. The molecule has 1 fully saturated rings. The van der Waals surface area contributed by atoms with Crippen LogP contribution in [0.25, 0.3) is 0 Å². The number of esters is 1. The number of ether oxygens (including phenoxy) is 1. The van der Waals surface area contributed by atoms with Gasteiger partial charge in [0, 0.05) is 30.9 Å². The zero-order valence-corrected chi connectivity index (χ0v) is 11.0. The van der Waals surface area contributed by atoms with Crippen LogP contribution in [-0.4, -0.2) is 30.6 Å². The average Bonchev–Trinajstić information content (AvgIpc) is 2.33. The summed E-state index contributed by atoms with van der Waals surface area (Å²) in [5.41, 5.74) is -0.420. The van der Waals surface area contributed by atoms with E-state index in [1.165, 1.54) is 6.07 Å². The molecule has 2 rings (SSSR count). The largest absolute Gasteiger partial charge is 0.466 e. The predicted molar refractivity (Wildman–Crippen MR) is 66.2 cm³/mol. The maximum Gasteiger partial charge on any atom is 0.433 e. The lowest BCUT2D eigenvalue weighted by molar-refractivity contribution is -0.144. The molecule has 1 aromatic heterocycles. The van der Waals surface area contributed by atoms with Gasteiger partial charge in [0.05, 0.1) is 13.0 Å². The highest BCUT2D eigenvalue weighted by atomic mass is 19.4. The summed E-state index contributed by atoms with van der Waals surface area (Å²) in [6.45, 7) is 3.19. The van der Waals surface area contributed by atoms with Crippen molar-refractivity contribution in [2.45, 2.75) is 19.5 Å². The molecule has 0 saturated carbocycles. The van der Waals surface area contributed by atoms with Crippen LogP contribution in [0.4, 0.5) is 18.9 Å². The summed E-state index contributed by atoms with van der Waals surface area (Å²) >= 11 is 0. The first-order valence-electron chi connectivity index (χ1n) is 6.34. The summed E-state index contributed by atoms with van der Waals surface area (Å²) in [5, 5.41) is 0. The Bertz CT molecular complexity index is 485. The number of carbonyl (C=O) groups excluding carboxylic acids is 1. The zero-order valence-electron chi connectivity index (χ0n) is 11.0. The number of nitrogens with zero attached hydrogens (tertiary/aromatic N) is 2. The number of carbonyl (C=O) groups is 1. The summed E-state index contributed by atoms with van der Waals surface area (Å²) in [6, 6.07) is 2.57. The number of pyridine rings is 1. The molecule has 0 aliphatic carbocycles. The van der Waals surface area contributed by atoms with Crippen molar-refractivity contribution < 1.29 is 22.7 Å². The molecule has 2 heterocycles. The van der Waals surface area contributed by atoms with Crippen LogP contribution in [-0.2, 0) is 15.7 Å². The molecule has 4 nitrogen and oxygen atoms in total. The van der Waals surface area contributed by atoms with Gasteiger partial charge in [0.15, 0.2) is 0 Å². The van der Waals surface area contributed by atoms with Gasteiger partial charge in [-0.15, -0.1) is 0 Å². The highest BCUT2D eigenvalue weighted by Crippen LogP contribution is 2.32. The zero-order chi connectivity index (χ0) is 14.8. The van der Waals surface area contributed by atoms with Crippen LogP contribution >= 0.6 is 0 Å². The van der Waals surface area contributed by atoms with Crippen molar-refractivity contribution in [1.82, 2.24) is 4.98 Å². The van der Waals surface area contributed by atoms with E-state index in [0.29, 0.717) is 31.8 Å². The number of hydrogen-bond acceptors (Lipinski definition) is 4. The highest BCUT2D eigenvalue weighted by Gasteiger charge is 2.34. The number of anilines is 1. The van der Waals surface area contributed by atoms with Gasteiger partial charge in [-0.05, 0) is 19.1 Å². The predicted octanol–water partition coefficient (Wildman–Crippen LogP) is 2.49. The summed E-state index contributed by atoms with van der Waals surface area (Å²) in [7, 11) is 0. The molecule has 0 N–H and O–H groups in total. The summed E-state index contributed by atoms with van der Waals surface area (Å²) < 4.78 is 42.5. The molecular formula is C13H15F3N2O2. The summed E-state index contributed by atoms with van der Waals surface area (Å²) in [4.78, 5) is 16.4. The topological polar surface area (TPSA) is 42.4 Å².